The molecule has 0 aliphatic carbocycles. The second-order valence-electron chi connectivity index (χ2n) is 3.83. The van der Waals surface area contributed by atoms with Gasteiger partial charge >= 0.3 is 0 Å². The molecule has 0 aromatic heterocycles. The minimum absolute atomic E-state index is 0.164. The van der Waals surface area contributed by atoms with Crippen LogP contribution in [-0.4, -0.2) is 18.4 Å². The van der Waals surface area contributed by atoms with E-state index in [9.17, 15) is 0 Å². The molecule has 1 aliphatic heterocycles. The van der Waals surface area contributed by atoms with Crippen LogP contribution in [0.3, 0.4) is 0 Å². The first-order valence-electron chi connectivity index (χ1n) is 5.09. The highest BCUT2D eigenvalue weighted by Gasteiger charge is 2.27. The van der Waals surface area contributed by atoms with Crippen LogP contribution in [0.4, 0.5) is 0 Å². The molecule has 2 N–H and O–H groups in total. The molecule has 0 amide bonds. The predicted molar refractivity (Wildman–Crippen MR) is 63.1 cm³/mol. The van der Waals surface area contributed by atoms with Crippen molar-refractivity contribution in [3.8, 4) is 11.5 Å². The molecule has 2 rings (SSSR count). The standard InChI is InChI=1S/C11H14BrNO3/c1-6-3-8-10(12)7(5-13-14)4-9(15-2)11(8)16-6/h4,6,13-14H,3,5H2,1-2H3. The van der Waals surface area contributed by atoms with Crippen LogP contribution >= 0.6 is 15.9 Å². The number of rotatable bonds is 3. The first-order valence-corrected chi connectivity index (χ1v) is 5.88. The molecule has 1 atom stereocenters. The summed E-state index contributed by atoms with van der Waals surface area (Å²) in [5, 5.41) is 8.77. The predicted octanol–water partition coefficient (Wildman–Crippen LogP) is 2.26. The van der Waals surface area contributed by atoms with E-state index >= 15 is 0 Å². The van der Waals surface area contributed by atoms with Crippen molar-refractivity contribution in [1.29, 1.82) is 0 Å². The van der Waals surface area contributed by atoms with E-state index in [1.807, 2.05) is 13.0 Å². The zero-order chi connectivity index (χ0) is 11.7. The van der Waals surface area contributed by atoms with Crippen LogP contribution < -0.4 is 15.0 Å². The van der Waals surface area contributed by atoms with Crippen molar-refractivity contribution in [1.82, 2.24) is 5.48 Å². The van der Waals surface area contributed by atoms with Gasteiger partial charge in [0, 0.05) is 23.0 Å². The molecule has 1 unspecified atom stereocenters. The summed E-state index contributed by atoms with van der Waals surface area (Å²) in [6.45, 7) is 2.40. The molecule has 1 aromatic carbocycles. The van der Waals surface area contributed by atoms with Gasteiger partial charge in [0.25, 0.3) is 0 Å². The van der Waals surface area contributed by atoms with E-state index < -0.39 is 0 Å². The normalized spacial score (nSPS) is 18.1. The summed E-state index contributed by atoms with van der Waals surface area (Å²) in [5.41, 5.74) is 4.22. The minimum atomic E-state index is 0.164. The Labute approximate surface area is 103 Å². The Kier molecular flexibility index (Phi) is 3.37. The van der Waals surface area contributed by atoms with Gasteiger partial charge in [0.1, 0.15) is 6.10 Å². The van der Waals surface area contributed by atoms with Gasteiger partial charge in [-0.05, 0) is 18.6 Å². The van der Waals surface area contributed by atoms with Crippen molar-refractivity contribution in [2.75, 3.05) is 7.11 Å². The molecular weight excluding hydrogens is 274 g/mol. The van der Waals surface area contributed by atoms with Gasteiger partial charge in [0.2, 0.25) is 0 Å². The lowest BCUT2D eigenvalue weighted by Crippen LogP contribution is -2.07. The quantitative estimate of drug-likeness (QED) is 0.838. The maximum atomic E-state index is 8.77. The molecule has 0 spiro atoms. The van der Waals surface area contributed by atoms with Crippen LogP contribution in [0.1, 0.15) is 18.1 Å². The highest BCUT2D eigenvalue weighted by molar-refractivity contribution is 9.10. The number of halogens is 1. The van der Waals surface area contributed by atoms with Crippen molar-refractivity contribution in [2.24, 2.45) is 0 Å². The molecule has 0 bridgehead atoms. The van der Waals surface area contributed by atoms with E-state index in [-0.39, 0.29) is 6.10 Å². The highest BCUT2D eigenvalue weighted by Crippen LogP contribution is 2.43. The first-order chi connectivity index (χ1) is 7.67. The Bertz CT molecular complexity index is 409. The molecule has 5 heteroatoms. The van der Waals surface area contributed by atoms with Gasteiger partial charge in [-0.1, -0.05) is 15.9 Å². The molecule has 1 heterocycles. The summed E-state index contributed by atoms with van der Waals surface area (Å²) in [6, 6.07) is 1.87. The van der Waals surface area contributed by atoms with Crippen molar-refractivity contribution < 1.29 is 14.7 Å². The van der Waals surface area contributed by atoms with Crippen molar-refractivity contribution >= 4 is 15.9 Å². The van der Waals surface area contributed by atoms with Crippen molar-refractivity contribution in [2.45, 2.75) is 26.0 Å². The molecule has 0 fully saturated rings. The van der Waals surface area contributed by atoms with Gasteiger partial charge in [-0.25, -0.2) is 5.48 Å². The van der Waals surface area contributed by atoms with Gasteiger partial charge in [-0.15, -0.1) is 0 Å². The lowest BCUT2D eigenvalue weighted by Gasteiger charge is -2.12. The second kappa shape index (κ2) is 4.61. The molecule has 88 valence electrons. The topological polar surface area (TPSA) is 50.7 Å². The average molecular weight is 288 g/mol. The van der Waals surface area contributed by atoms with Crippen LogP contribution in [0.15, 0.2) is 10.5 Å². The van der Waals surface area contributed by atoms with Gasteiger partial charge in [0.05, 0.1) is 7.11 Å². The van der Waals surface area contributed by atoms with E-state index in [0.717, 1.165) is 27.8 Å². The van der Waals surface area contributed by atoms with Gasteiger partial charge in [-0.3, -0.25) is 0 Å². The number of fused-ring (bicyclic) bond motifs is 1. The fourth-order valence-corrected chi connectivity index (χ4v) is 2.53. The van der Waals surface area contributed by atoms with Crippen LogP contribution in [0.5, 0.6) is 11.5 Å². The number of hydrogen-bond donors (Lipinski definition) is 2. The molecule has 0 radical (unpaired) electrons. The van der Waals surface area contributed by atoms with E-state index in [4.69, 9.17) is 14.7 Å². The minimum Gasteiger partial charge on any atom is -0.493 e. The second-order valence-corrected chi connectivity index (χ2v) is 4.62. The van der Waals surface area contributed by atoms with Gasteiger partial charge in [0.15, 0.2) is 11.5 Å². The molecule has 16 heavy (non-hydrogen) atoms. The summed E-state index contributed by atoms with van der Waals surface area (Å²) in [5.74, 6) is 1.52. The molecule has 4 nitrogen and oxygen atoms in total. The maximum absolute atomic E-state index is 8.77. The highest BCUT2D eigenvalue weighted by atomic mass is 79.9. The summed E-state index contributed by atoms with van der Waals surface area (Å²) in [7, 11) is 1.62. The third-order valence-corrected chi connectivity index (χ3v) is 3.64. The third-order valence-electron chi connectivity index (χ3n) is 2.65. The number of hydroxylamine groups is 1. The van der Waals surface area contributed by atoms with Crippen LogP contribution in [-0.2, 0) is 13.0 Å². The number of ether oxygens (including phenoxy) is 2. The Morgan fingerprint density at radius 1 is 1.69 bits per heavy atom. The van der Waals surface area contributed by atoms with E-state index in [2.05, 4.69) is 21.4 Å². The Balaban J connectivity index is 2.50. The number of methoxy groups -OCH3 is 1. The lowest BCUT2D eigenvalue weighted by molar-refractivity contribution is 0.161. The largest absolute Gasteiger partial charge is 0.493 e. The SMILES string of the molecule is COc1cc(CNO)c(Br)c2c1OC(C)C2. The molecule has 0 saturated heterocycles. The summed E-state index contributed by atoms with van der Waals surface area (Å²) in [4.78, 5) is 0. The number of nitrogens with one attached hydrogen (secondary N) is 1. The Morgan fingerprint density at radius 2 is 2.44 bits per heavy atom. The van der Waals surface area contributed by atoms with Crippen LogP contribution in [0.25, 0.3) is 0 Å². The Hall–Kier alpha value is -0.780. The monoisotopic (exact) mass is 287 g/mol. The molecular formula is C11H14BrNO3. The Morgan fingerprint density at radius 3 is 3.06 bits per heavy atom. The fraction of sp³-hybridized carbons (Fsp3) is 0.455. The third kappa shape index (κ3) is 1.90. The molecule has 0 saturated carbocycles. The summed E-state index contributed by atoms with van der Waals surface area (Å²) >= 11 is 3.54. The maximum Gasteiger partial charge on any atom is 0.166 e. The number of benzene rings is 1. The van der Waals surface area contributed by atoms with Gasteiger partial charge in [-0.2, -0.15) is 0 Å². The average Bonchev–Trinajstić information content (AvgIpc) is 2.65. The van der Waals surface area contributed by atoms with E-state index in [1.54, 1.807) is 7.11 Å². The summed E-state index contributed by atoms with van der Waals surface area (Å²) < 4.78 is 12.0. The van der Waals surface area contributed by atoms with Crippen molar-refractivity contribution in [3.05, 3.63) is 21.7 Å². The smallest absolute Gasteiger partial charge is 0.166 e. The van der Waals surface area contributed by atoms with E-state index in [0.29, 0.717) is 12.3 Å². The zero-order valence-corrected chi connectivity index (χ0v) is 10.8. The summed E-state index contributed by atoms with van der Waals surface area (Å²) in [6.07, 6.45) is 1.02. The molecule has 1 aliphatic rings. The van der Waals surface area contributed by atoms with E-state index in [1.165, 1.54) is 0 Å². The van der Waals surface area contributed by atoms with Crippen LogP contribution in [0.2, 0.25) is 0 Å². The van der Waals surface area contributed by atoms with Crippen LogP contribution in [0, 0.1) is 0 Å². The van der Waals surface area contributed by atoms with Crippen molar-refractivity contribution in [3.63, 3.8) is 0 Å². The zero-order valence-electron chi connectivity index (χ0n) is 9.21. The fourth-order valence-electron chi connectivity index (χ4n) is 1.94. The number of hydrogen-bond acceptors (Lipinski definition) is 4. The van der Waals surface area contributed by atoms with Gasteiger partial charge < -0.3 is 14.7 Å². The first kappa shape index (κ1) is 11.7. The lowest BCUT2D eigenvalue weighted by atomic mass is 10.1. The molecule has 1 aromatic rings.